The Kier molecular flexibility index (Phi) is 9.64. The first-order chi connectivity index (χ1) is 13.5. The van der Waals surface area contributed by atoms with E-state index in [1.807, 2.05) is 29.3 Å². The molecule has 5 nitrogen and oxygen atoms in total. The van der Waals surface area contributed by atoms with Gasteiger partial charge in [0.15, 0.2) is 5.82 Å². The van der Waals surface area contributed by atoms with E-state index in [0.29, 0.717) is 11.9 Å². The van der Waals surface area contributed by atoms with Crippen LogP contribution in [-0.2, 0) is 0 Å². The summed E-state index contributed by atoms with van der Waals surface area (Å²) in [5.74, 6) is 3.44. The summed E-state index contributed by atoms with van der Waals surface area (Å²) in [5.41, 5.74) is 7.68. The SMILES string of the molecule is CCNc1nc(-c2ccncc2)nc2c(Br)csc12.CSCC(N)CC(C)C. The Labute approximate surface area is 184 Å². The molecule has 3 aromatic rings. The number of nitrogens with one attached hydrogen (secondary N) is 1. The van der Waals surface area contributed by atoms with Gasteiger partial charge in [-0.05, 0) is 53.6 Å². The molecule has 0 aliphatic heterocycles. The van der Waals surface area contributed by atoms with Crippen molar-refractivity contribution in [1.82, 2.24) is 15.0 Å². The maximum atomic E-state index is 5.76. The normalized spacial score (nSPS) is 12.0. The van der Waals surface area contributed by atoms with Gasteiger partial charge in [0.05, 0.1) is 9.17 Å². The lowest BCUT2D eigenvalue weighted by Crippen LogP contribution is -2.24. The molecule has 3 rings (SSSR count). The molecule has 0 amide bonds. The molecule has 0 radical (unpaired) electrons. The average Bonchev–Trinajstić information content (AvgIpc) is 3.04. The summed E-state index contributed by atoms with van der Waals surface area (Å²) in [5, 5.41) is 5.34. The van der Waals surface area contributed by atoms with Gasteiger partial charge in [-0.3, -0.25) is 4.98 Å². The van der Waals surface area contributed by atoms with Crippen LogP contribution in [-0.4, -0.2) is 39.5 Å². The number of aromatic nitrogens is 3. The maximum absolute atomic E-state index is 5.76. The lowest BCUT2D eigenvalue weighted by atomic mass is 10.1. The molecule has 152 valence electrons. The molecule has 1 unspecified atom stereocenters. The van der Waals surface area contributed by atoms with E-state index in [0.717, 1.165) is 50.7 Å². The summed E-state index contributed by atoms with van der Waals surface area (Å²) < 4.78 is 2.08. The second-order valence-corrected chi connectivity index (χ2v) is 9.41. The summed E-state index contributed by atoms with van der Waals surface area (Å²) in [6, 6.07) is 4.23. The largest absolute Gasteiger partial charge is 0.369 e. The van der Waals surface area contributed by atoms with Crippen molar-refractivity contribution in [2.45, 2.75) is 33.2 Å². The van der Waals surface area contributed by atoms with Crippen molar-refractivity contribution in [3.63, 3.8) is 0 Å². The molecule has 3 heterocycles. The maximum Gasteiger partial charge on any atom is 0.162 e. The molecule has 0 saturated carbocycles. The zero-order valence-corrected chi connectivity index (χ0v) is 20.0. The van der Waals surface area contributed by atoms with Crippen molar-refractivity contribution >= 4 is 55.1 Å². The summed E-state index contributed by atoms with van der Waals surface area (Å²) in [6.45, 7) is 7.31. The first-order valence-electron chi connectivity index (χ1n) is 9.29. The van der Waals surface area contributed by atoms with E-state index in [4.69, 9.17) is 5.73 Å². The molecular formula is C20H28BrN5S2. The summed E-state index contributed by atoms with van der Waals surface area (Å²) in [4.78, 5) is 13.3. The van der Waals surface area contributed by atoms with Crippen LogP contribution >= 0.6 is 39.0 Å². The fraction of sp³-hybridized carbons (Fsp3) is 0.450. The quantitative estimate of drug-likeness (QED) is 0.452. The number of nitrogens with zero attached hydrogens (tertiary/aromatic N) is 3. The Hall–Kier alpha value is -1.22. The molecule has 0 bridgehead atoms. The second kappa shape index (κ2) is 11.7. The number of halogens is 1. The highest BCUT2D eigenvalue weighted by Crippen LogP contribution is 2.34. The van der Waals surface area contributed by atoms with Crippen molar-refractivity contribution in [2.24, 2.45) is 11.7 Å². The molecule has 28 heavy (non-hydrogen) atoms. The molecular weight excluding hydrogens is 454 g/mol. The van der Waals surface area contributed by atoms with Gasteiger partial charge in [0, 0.05) is 41.7 Å². The van der Waals surface area contributed by atoms with Crippen LogP contribution < -0.4 is 11.1 Å². The highest BCUT2D eigenvalue weighted by Gasteiger charge is 2.12. The predicted molar refractivity (Wildman–Crippen MR) is 128 cm³/mol. The number of hydrogen-bond acceptors (Lipinski definition) is 7. The Balaban J connectivity index is 0.000000266. The molecule has 0 spiro atoms. The Morgan fingerprint density at radius 3 is 2.57 bits per heavy atom. The van der Waals surface area contributed by atoms with Crippen LogP contribution in [0.2, 0.25) is 0 Å². The third kappa shape index (κ3) is 6.69. The van der Waals surface area contributed by atoms with Crippen molar-refractivity contribution in [1.29, 1.82) is 0 Å². The van der Waals surface area contributed by atoms with Gasteiger partial charge in [-0.1, -0.05) is 13.8 Å². The molecule has 0 aliphatic rings. The van der Waals surface area contributed by atoms with Crippen LogP contribution in [0.3, 0.4) is 0 Å². The Morgan fingerprint density at radius 2 is 1.96 bits per heavy atom. The van der Waals surface area contributed by atoms with Gasteiger partial charge < -0.3 is 11.1 Å². The van der Waals surface area contributed by atoms with Crippen LogP contribution in [0.15, 0.2) is 34.4 Å². The first-order valence-corrected chi connectivity index (χ1v) is 12.4. The highest BCUT2D eigenvalue weighted by atomic mass is 79.9. The van der Waals surface area contributed by atoms with E-state index in [1.54, 1.807) is 23.7 Å². The number of thioether (sulfide) groups is 1. The standard InChI is InChI=1S/C13H11BrN4S.C7H17NS/c1-2-16-13-11-10(9(14)7-19-11)17-12(18-13)8-3-5-15-6-4-8;1-6(2)4-7(8)5-9-3/h3-7H,2H2,1H3,(H,16,17,18);6-7H,4-5,8H2,1-3H3. The molecule has 8 heteroatoms. The zero-order valence-electron chi connectivity index (χ0n) is 16.8. The molecule has 0 fully saturated rings. The van der Waals surface area contributed by atoms with E-state index < -0.39 is 0 Å². The van der Waals surface area contributed by atoms with Crippen LogP contribution in [0.5, 0.6) is 0 Å². The minimum absolute atomic E-state index is 0.403. The van der Waals surface area contributed by atoms with Crippen molar-refractivity contribution in [2.75, 3.05) is 23.9 Å². The number of hydrogen-bond donors (Lipinski definition) is 2. The van der Waals surface area contributed by atoms with Crippen molar-refractivity contribution in [3.8, 4) is 11.4 Å². The smallest absolute Gasteiger partial charge is 0.162 e. The van der Waals surface area contributed by atoms with Gasteiger partial charge in [0.2, 0.25) is 0 Å². The average molecular weight is 483 g/mol. The number of rotatable bonds is 7. The monoisotopic (exact) mass is 481 g/mol. The van der Waals surface area contributed by atoms with Crippen LogP contribution in [0.25, 0.3) is 21.6 Å². The number of anilines is 1. The number of pyridine rings is 1. The third-order valence-corrected chi connectivity index (χ3v) is 6.45. The minimum atomic E-state index is 0.403. The van der Waals surface area contributed by atoms with E-state index in [9.17, 15) is 0 Å². The fourth-order valence-corrected chi connectivity index (χ4v) is 4.79. The Bertz CT molecular complexity index is 854. The van der Waals surface area contributed by atoms with E-state index >= 15 is 0 Å². The summed E-state index contributed by atoms with van der Waals surface area (Å²) in [7, 11) is 0. The van der Waals surface area contributed by atoms with Gasteiger partial charge in [0.25, 0.3) is 0 Å². The zero-order chi connectivity index (χ0) is 20.5. The number of nitrogens with two attached hydrogens (primary N) is 1. The van der Waals surface area contributed by atoms with E-state index in [-0.39, 0.29) is 0 Å². The van der Waals surface area contributed by atoms with Crippen LogP contribution in [0.1, 0.15) is 27.2 Å². The van der Waals surface area contributed by atoms with Gasteiger partial charge in [-0.2, -0.15) is 11.8 Å². The van der Waals surface area contributed by atoms with Gasteiger partial charge in [-0.25, -0.2) is 9.97 Å². The van der Waals surface area contributed by atoms with Gasteiger partial charge in [-0.15, -0.1) is 11.3 Å². The molecule has 0 aromatic carbocycles. The van der Waals surface area contributed by atoms with Crippen molar-refractivity contribution < 1.29 is 0 Å². The molecule has 3 aromatic heterocycles. The third-order valence-electron chi connectivity index (χ3n) is 3.81. The lowest BCUT2D eigenvalue weighted by Gasteiger charge is -2.11. The van der Waals surface area contributed by atoms with Gasteiger partial charge >= 0.3 is 0 Å². The molecule has 1 atom stereocenters. The van der Waals surface area contributed by atoms with Crippen LogP contribution in [0, 0.1) is 5.92 Å². The molecule has 0 aliphatic carbocycles. The molecule has 0 saturated heterocycles. The Morgan fingerprint density at radius 1 is 1.25 bits per heavy atom. The first kappa shape index (κ1) is 23.1. The van der Waals surface area contributed by atoms with Crippen LogP contribution in [0.4, 0.5) is 5.82 Å². The van der Waals surface area contributed by atoms with Gasteiger partial charge in [0.1, 0.15) is 11.3 Å². The van der Waals surface area contributed by atoms with E-state index in [2.05, 4.69) is 63.2 Å². The number of fused-ring (bicyclic) bond motifs is 1. The highest BCUT2D eigenvalue weighted by molar-refractivity contribution is 9.10. The second-order valence-electron chi connectivity index (χ2n) is 6.77. The topological polar surface area (TPSA) is 76.7 Å². The fourth-order valence-electron chi connectivity index (χ4n) is 2.70. The van der Waals surface area contributed by atoms with E-state index in [1.165, 1.54) is 0 Å². The van der Waals surface area contributed by atoms with Crippen molar-refractivity contribution in [3.05, 3.63) is 34.4 Å². The minimum Gasteiger partial charge on any atom is -0.369 e. The molecule has 3 N–H and O–H groups in total. The number of thiophene rings is 1. The summed E-state index contributed by atoms with van der Waals surface area (Å²) in [6.07, 6.45) is 6.75. The predicted octanol–water partition coefficient (Wildman–Crippen LogP) is 5.67. The lowest BCUT2D eigenvalue weighted by molar-refractivity contribution is 0.524. The summed E-state index contributed by atoms with van der Waals surface area (Å²) >= 11 is 7.00.